The Morgan fingerprint density at radius 3 is 2.68 bits per heavy atom. The number of thioether (sulfide) groups is 2. The molecule has 1 aliphatic rings. The topological polar surface area (TPSA) is 59.8 Å². The molecule has 1 amide bonds. The summed E-state index contributed by atoms with van der Waals surface area (Å²) >= 11 is 3.17. The average Bonchev–Trinajstić information content (AvgIpc) is 3.28. The molecule has 1 fully saturated rings. The van der Waals surface area contributed by atoms with E-state index in [0.717, 1.165) is 10.5 Å². The smallest absolute Gasteiger partial charge is 0.330 e. The molecule has 2 heterocycles. The molecule has 0 saturated carbocycles. The number of ether oxygens (including phenoxy) is 1. The molecule has 3 rings (SSSR count). The van der Waals surface area contributed by atoms with Gasteiger partial charge in [-0.25, -0.2) is 4.79 Å². The highest BCUT2D eigenvalue weighted by molar-refractivity contribution is 7.99. The first-order valence-corrected chi connectivity index (χ1v) is 10.1. The van der Waals surface area contributed by atoms with Crippen molar-refractivity contribution in [2.75, 3.05) is 12.0 Å². The van der Waals surface area contributed by atoms with Crippen molar-refractivity contribution in [3.63, 3.8) is 0 Å². The Hall–Kier alpha value is -1.86. The zero-order valence-corrected chi connectivity index (χ0v) is 15.6. The van der Waals surface area contributed by atoms with Crippen LogP contribution in [0.4, 0.5) is 0 Å². The van der Waals surface area contributed by atoms with E-state index in [1.54, 1.807) is 29.0 Å². The predicted octanol–water partition coefficient (Wildman–Crippen LogP) is 3.71. The highest BCUT2D eigenvalue weighted by atomic mass is 32.2. The molecule has 0 bridgehead atoms. The lowest BCUT2D eigenvalue weighted by molar-refractivity contribution is -0.154. The first kappa shape index (κ1) is 17.9. The van der Waals surface area contributed by atoms with Gasteiger partial charge in [-0.1, -0.05) is 12.1 Å². The van der Waals surface area contributed by atoms with Gasteiger partial charge in [0.1, 0.15) is 23.8 Å². The van der Waals surface area contributed by atoms with Crippen molar-refractivity contribution in [2.24, 2.45) is 0 Å². The third-order valence-electron chi connectivity index (χ3n) is 3.96. The van der Waals surface area contributed by atoms with Crippen LogP contribution in [0.1, 0.15) is 23.6 Å². The van der Waals surface area contributed by atoms with Gasteiger partial charge in [0.2, 0.25) is 5.91 Å². The third-order valence-corrected chi connectivity index (χ3v) is 5.99. The standard InChI is InChI=1S/C18H19NO4S2/c1-12(20)19-15(11-25-17(19)16-4-3-9-22-16)18(21)23-10-13-5-7-14(24-2)8-6-13/h3-9,15,17H,10-11H2,1-2H3/t15-,17+/m1/s1. The van der Waals surface area contributed by atoms with Crippen LogP contribution in [0.3, 0.4) is 0 Å². The summed E-state index contributed by atoms with van der Waals surface area (Å²) in [6.45, 7) is 1.66. The molecule has 1 aromatic heterocycles. The number of esters is 1. The van der Waals surface area contributed by atoms with Crippen LogP contribution in [-0.4, -0.2) is 34.8 Å². The van der Waals surface area contributed by atoms with Gasteiger partial charge in [0.15, 0.2) is 0 Å². The van der Waals surface area contributed by atoms with Crippen LogP contribution < -0.4 is 0 Å². The molecule has 0 N–H and O–H groups in total. The number of furan rings is 1. The van der Waals surface area contributed by atoms with Gasteiger partial charge in [-0.2, -0.15) is 0 Å². The second-order valence-corrected chi connectivity index (χ2v) is 7.59. The molecule has 1 aliphatic heterocycles. The number of benzene rings is 1. The Morgan fingerprint density at radius 2 is 2.08 bits per heavy atom. The maximum atomic E-state index is 12.5. The number of carbonyl (C=O) groups is 2. The lowest BCUT2D eigenvalue weighted by atomic mass is 10.2. The average molecular weight is 377 g/mol. The predicted molar refractivity (Wildman–Crippen MR) is 98.2 cm³/mol. The first-order valence-electron chi connectivity index (χ1n) is 7.83. The summed E-state index contributed by atoms with van der Waals surface area (Å²) in [6.07, 6.45) is 3.58. The van der Waals surface area contributed by atoms with E-state index in [1.165, 1.54) is 18.7 Å². The molecule has 0 spiro atoms. The molecule has 0 radical (unpaired) electrons. The van der Waals surface area contributed by atoms with Crippen LogP contribution in [0.25, 0.3) is 0 Å². The van der Waals surface area contributed by atoms with E-state index >= 15 is 0 Å². The fourth-order valence-electron chi connectivity index (χ4n) is 2.70. The molecule has 2 atom stereocenters. The normalized spacial score (nSPS) is 19.8. The Morgan fingerprint density at radius 1 is 1.32 bits per heavy atom. The van der Waals surface area contributed by atoms with Crippen molar-refractivity contribution < 1.29 is 18.7 Å². The second kappa shape index (κ2) is 8.01. The summed E-state index contributed by atoms with van der Waals surface area (Å²) in [5.41, 5.74) is 0.925. The van der Waals surface area contributed by atoms with E-state index in [9.17, 15) is 9.59 Å². The van der Waals surface area contributed by atoms with Crippen molar-refractivity contribution >= 4 is 35.4 Å². The SMILES string of the molecule is CSc1ccc(COC(=O)[C@H]2CS[C@@H](c3ccco3)N2C(C)=O)cc1. The lowest BCUT2D eigenvalue weighted by Crippen LogP contribution is -2.42. The Kier molecular flexibility index (Phi) is 5.75. The van der Waals surface area contributed by atoms with Crippen molar-refractivity contribution in [2.45, 2.75) is 29.8 Å². The van der Waals surface area contributed by atoms with Gasteiger partial charge in [-0.3, -0.25) is 4.79 Å². The maximum absolute atomic E-state index is 12.5. The molecule has 25 heavy (non-hydrogen) atoms. The molecule has 132 valence electrons. The zero-order chi connectivity index (χ0) is 17.8. The number of carbonyl (C=O) groups excluding carboxylic acids is 2. The minimum atomic E-state index is -0.594. The van der Waals surface area contributed by atoms with E-state index < -0.39 is 6.04 Å². The number of hydrogen-bond donors (Lipinski definition) is 0. The van der Waals surface area contributed by atoms with Gasteiger partial charge in [-0.15, -0.1) is 23.5 Å². The molecule has 2 aromatic rings. The Labute approximate surface area is 155 Å². The number of amides is 1. The van der Waals surface area contributed by atoms with Crippen molar-refractivity contribution in [1.82, 2.24) is 4.90 Å². The van der Waals surface area contributed by atoms with E-state index in [4.69, 9.17) is 9.15 Å². The van der Waals surface area contributed by atoms with Crippen molar-refractivity contribution in [3.05, 3.63) is 54.0 Å². The summed E-state index contributed by atoms with van der Waals surface area (Å²) in [7, 11) is 0. The van der Waals surface area contributed by atoms with Gasteiger partial charge >= 0.3 is 5.97 Å². The molecule has 0 unspecified atom stereocenters. The summed E-state index contributed by atoms with van der Waals surface area (Å²) in [5.74, 6) is 0.612. The highest BCUT2D eigenvalue weighted by Gasteiger charge is 2.43. The molecule has 1 saturated heterocycles. The second-order valence-electron chi connectivity index (χ2n) is 5.60. The Balaban J connectivity index is 1.65. The summed E-state index contributed by atoms with van der Waals surface area (Å²) in [6, 6.07) is 10.9. The molecule has 5 nitrogen and oxygen atoms in total. The quantitative estimate of drug-likeness (QED) is 0.585. The van der Waals surface area contributed by atoms with Crippen LogP contribution in [0.2, 0.25) is 0 Å². The fraction of sp³-hybridized carbons (Fsp3) is 0.333. The summed E-state index contributed by atoms with van der Waals surface area (Å²) in [5, 5.41) is -0.286. The zero-order valence-electron chi connectivity index (χ0n) is 14.0. The highest BCUT2D eigenvalue weighted by Crippen LogP contribution is 2.41. The van der Waals surface area contributed by atoms with Crippen LogP contribution in [-0.2, 0) is 20.9 Å². The Bertz CT molecular complexity index is 730. The summed E-state index contributed by atoms with van der Waals surface area (Å²) < 4.78 is 10.9. The van der Waals surface area contributed by atoms with Crippen LogP contribution in [0.5, 0.6) is 0 Å². The molecule has 1 aromatic carbocycles. The number of nitrogens with zero attached hydrogens (tertiary/aromatic N) is 1. The van der Waals surface area contributed by atoms with Crippen LogP contribution in [0, 0.1) is 0 Å². The van der Waals surface area contributed by atoms with E-state index in [1.807, 2.05) is 36.6 Å². The fourth-order valence-corrected chi connectivity index (χ4v) is 4.52. The van der Waals surface area contributed by atoms with Crippen molar-refractivity contribution in [3.8, 4) is 0 Å². The van der Waals surface area contributed by atoms with Gasteiger partial charge < -0.3 is 14.1 Å². The maximum Gasteiger partial charge on any atom is 0.330 e. The number of rotatable bonds is 5. The molecule has 0 aliphatic carbocycles. The van der Waals surface area contributed by atoms with E-state index in [2.05, 4.69) is 0 Å². The largest absolute Gasteiger partial charge is 0.466 e. The monoisotopic (exact) mass is 377 g/mol. The van der Waals surface area contributed by atoms with Gasteiger partial charge in [0.25, 0.3) is 0 Å². The lowest BCUT2D eigenvalue weighted by Gasteiger charge is -2.25. The minimum absolute atomic E-state index is 0.169. The van der Waals surface area contributed by atoms with Gasteiger partial charge in [-0.05, 0) is 36.1 Å². The molecular formula is C18H19NO4S2. The van der Waals surface area contributed by atoms with Crippen LogP contribution >= 0.6 is 23.5 Å². The third kappa shape index (κ3) is 4.04. The minimum Gasteiger partial charge on any atom is -0.466 e. The molecular weight excluding hydrogens is 358 g/mol. The number of hydrogen-bond acceptors (Lipinski definition) is 6. The van der Waals surface area contributed by atoms with E-state index in [0.29, 0.717) is 11.5 Å². The van der Waals surface area contributed by atoms with Crippen LogP contribution in [0.15, 0.2) is 52.0 Å². The van der Waals surface area contributed by atoms with E-state index in [-0.39, 0.29) is 23.9 Å². The van der Waals surface area contributed by atoms with Gasteiger partial charge in [0.05, 0.1) is 6.26 Å². The first-order chi connectivity index (χ1) is 12.1. The summed E-state index contributed by atoms with van der Waals surface area (Å²) in [4.78, 5) is 27.3. The molecule has 7 heteroatoms. The van der Waals surface area contributed by atoms with Gasteiger partial charge in [0, 0.05) is 17.6 Å². The van der Waals surface area contributed by atoms with Crippen molar-refractivity contribution in [1.29, 1.82) is 0 Å².